The summed E-state index contributed by atoms with van der Waals surface area (Å²) in [7, 11) is 0. The molecule has 1 aromatic carbocycles. The highest BCUT2D eigenvalue weighted by atomic mass is 16.3. The summed E-state index contributed by atoms with van der Waals surface area (Å²) in [6.45, 7) is 7.45. The minimum atomic E-state index is -0.471. The van der Waals surface area contributed by atoms with E-state index < -0.39 is 5.41 Å². The Morgan fingerprint density at radius 3 is 2.79 bits per heavy atom. The van der Waals surface area contributed by atoms with E-state index in [0.717, 1.165) is 23.2 Å². The highest BCUT2D eigenvalue weighted by Crippen LogP contribution is 2.41. The van der Waals surface area contributed by atoms with E-state index in [9.17, 15) is 15.6 Å². The lowest BCUT2D eigenvalue weighted by molar-refractivity contribution is 0.219. The molecule has 0 saturated heterocycles. The Kier molecular flexibility index (Phi) is 5.99. The first-order valence-electron chi connectivity index (χ1n) is 10.9. The van der Waals surface area contributed by atoms with Crippen molar-refractivity contribution in [3.05, 3.63) is 47.3 Å². The van der Waals surface area contributed by atoms with Crippen LogP contribution in [0.3, 0.4) is 0 Å². The van der Waals surface area contributed by atoms with Crippen molar-refractivity contribution in [3.63, 3.8) is 0 Å². The maximum absolute atomic E-state index is 9.94. The number of nitriles is 2. The normalized spacial score (nSPS) is 16.7. The fourth-order valence-electron chi connectivity index (χ4n) is 3.88. The molecule has 1 unspecified atom stereocenters. The Morgan fingerprint density at radius 1 is 1.27 bits per heavy atom. The average Bonchev–Trinajstić information content (AvgIpc) is 3.38. The third-order valence-corrected chi connectivity index (χ3v) is 5.92. The Hall–Kier alpha value is -3.95. The second-order valence-electron chi connectivity index (χ2n) is 8.95. The molecule has 168 valence electrons. The molecule has 1 aliphatic rings. The van der Waals surface area contributed by atoms with E-state index >= 15 is 0 Å². The molecule has 2 aromatic heterocycles. The summed E-state index contributed by atoms with van der Waals surface area (Å²) in [4.78, 5) is 8.97. The summed E-state index contributed by atoms with van der Waals surface area (Å²) in [5.41, 5.74) is 3.45. The van der Waals surface area contributed by atoms with Gasteiger partial charge in [-0.1, -0.05) is 20.8 Å². The number of aliphatic hydroxyl groups is 1. The van der Waals surface area contributed by atoms with Crippen molar-refractivity contribution >= 4 is 17.5 Å². The Balaban J connectivity index is 1.68. The molecule has 0 fully saturated rings. The van der Waals surface area contributed by atoms with Crippen LogP contribution in [-0.2, 0) is 12.0 Å². The molecule has 0 spiro atoms. The van der Waals surface area contributed by atoms with Crippen LogP contribution in [0.4, 0.5) is 17.5 Å². The van der Waals surface area contributed by atoms with Gasteiger partial charge in [-0.05, 0) is 36.1 Å². The van der Waals surface area contributed by atoms with Crippen molar-refractivity contribution in [2.45, 2.75) is 39.2 Å². The highest BCUT2D eigenvalue weighted by Gasteiger charge is 2.36. The molecule has 0 bridgehead atoms. The third-order valence-electron chi connectivity index (χ3n) is 5.92. The quantitative estimate of drug-likeness (QED) is 0.505. The van der Waals surface area contributed by atoms with Crippen LogP contribution in [0.25, 0.3) is 11.3 Å². The van der Waals surface area contributed by atoms with Gasteiger partial charge in [0.2, 0.25) is 5.95 Å². The molecule has 1 aliphatic heterocycles. The second-order valence-corrected chi connectivity index (χ2v) is 8.95. The van der Waals surface area contributed by atoms with Crippen LogP contribution in [0.1, 0.15) is 44.0 Å². The molecule has 1 atom stereocenters. The first kappa shape index (κ1) is 22.3. The van der Waals surface area contributed by atoms with Crippen LogP contribution in [-0.4, -0.2) is 38.0 Å². The van der Waals surface area contributed by atoms with Gasteiger partial charge in [-0.2, -0.15) is 15.6 Å². The van der Waals surface area contributed by atoms with E-state index in [2.05, 4.69) is 51.7 Å². The number of benzene rings is 1. The van der Waals surface area contributed by atoms with Crippen LogP contribution >= 0.6 is 0 Å². The maximum Gasteiger partial charge on any atom is 0.228 e. The lowest BCUT2D eigenvalue weighted by Crippen LogP contribution is -2.28. The van der Waals surface area contributed by atoms with Crippen molar-refractivity contribution in [1.29, 1.82) is 10.5 Å². The fraction of sp³-hybridized carbons (Fsp3) is 0.375. The monoisotopic (exact) mass is 442 g/mol. The summed E-state index contributed by atoms with van der Waals surface area (Å²) in [5, 5.41) is 39.7. The van der Waals surface area contributed by atoms with Crippen LogP contribution in [0.15, 0.2) is 30.5 Å². The van der Waals surface area contributed by atoms with Gasteiger partial charge < -0.3 is 15.7 Å². The van der Waals surface area contributed by atoms with E-state index in [0.29, 0.717) is 47.7 Å². The van der Waals surface area contributed by atoms with Gasteiger partial charge in [0.05, 0.1) is 23.6 Å². The van der Waals surface area contributed by atoms with Crippen molar-refractivity contribution in [2.24, 2.45) is 5.92 Å². The number of aliphatic hydroxyl groups excluding tert-OH is 1. The van der Waals surface area contributed by atoms with Gasteiger partial charge in [-0.25, -0.2) is 14.6 Å². The number of aryl methyl sites for hydroxylation is 1. The lowest BCUT2D eigenvalue weighted by atomic mass is 9.83. The molecule has 3 aromatic rings. The third kappa shape index (κ3) is 4.36. The maximum atomic E-state index is 9.94. The van der Waals surface area contributed by atoms with Gasteiger partial charge in [0, 0.05) is 36.3 Å². The van der Waals surface area contributed by atoms with Gasteiger partial charge in [0.25, 0.3) is 0 Å². The molecule has 4 rings (SSSR count). The number of rotatable bonds is 7. The van der Waals surface area contributed by atoms with Crippen LogP contribution < -0.4 is 10.6 Å². The van der Waals surface area contributed by atoms with E-state index in [1.807, 2.05) is 13.0 Å². The van der Waals surface area contributed by atoms with Crippen LogP contribution in [0, 0.1) is 28.6 Å². The second kappa shape index (κ2) is 8.89. The number of anilines is 3. The first-order valence-corrected chi connectivity index (χ1v) is 10.9. The summed E-state index contributed by atoms with van der Waals surface area (Å²) in [6.07, 6.45) is 2.57. The molecule has 0 amide bonds. The van der Waals surface area contributed by atoms with Crippen molar-refractivity contribution in [3.8, 4) is 23.4 Å². The molecule has 33 heavy (non-hydrogen) atoms. The zero-order valence-corrected chi connectivity index (χ0v) is 18.9. The molecule has 0 aliphatic carbocycles. The average molecular weight is 443 g/mol. The van der Waals surface area contributed by atoms with E-state index in [1.54, 1.807) is 29.1 Å². The van der Waals surface area contributed by atoms with Gasteiger partial charge in [-0.15, -0.1) is 0 Å². The highest BCUT2D eigenvalue weighted by molar-refractivity contribution is 5.76. The van der Waals surface area contributed by atoms with E-state index in [-0.39, 0.29) is 6.61 Å². The minimum Gasteiger partial charge on any atom is -0.395 e. The molecule has 3 heterocycles. The summed E-state index contributed by atoms with van der Waals surface area (Å²) < 4.78 is 1.76. The topological polar surface area (TPSA) is 135 Å². The number of hydrogen-bond donors (Lipinski definition) is 3. The standard InChI is InChI=1S/C24H26N8O/c1-15(2)5-7-32-21(10-18(12-26)31-32)30-23-27-6-4-20(29-23)16-8-17(11-25)22-19(9-16)24(3,14-33)13-28-22/h4,6,8-10,15,28,33H,5,7,13-14H2,1-3H3,(H,27,29,30). The van der Waals surface area contributed by atoms with E-state index in [1.165, 1.54) is 0 Å². The van der Waals surface area contributed by atoms with Gasteiger partial charge in [0.1, 0.15) is 18.0 Å². The summed E-state index contributed by atoms with van der Waals surface area (Å²) >= 11 is 0. The number of aromatic nitrogens is 4. The number of fused-ring (bicyclic) bond motifs is 1. The largest absolute Gasteiger partial charge is 0.395 e. The zero-order valence-electron chi connectivity index (χ0n) is 18.9. The first-order chi connectivity index (χ1) is 15.9. The molecular weight excluding hydrogens is 416 g/mol. The van der Waals surface area contributed by atoms with Gasteiger partial charge >= 0.3 is 0 Å². The smallest absolute Gasteiger partial charge is 0.228 e. The predicted octanol–water partition coefficient (Wildman–Crippen LogP) is 3.55. The Bertz CT molecular complexity index is 1270. The van der Waals surface area contributed by atoms with Gasteiger partial charge in [-0.3, -0.25) is 0 Å². The van der Waals surface area contributed by atoms with E-state index in [4.69, 9.17) is 0 Å². The molecule has 9 heteroatoms. The van der Waals surface area contributed by atoms with Crippen molar-refractivity contribution in [1.82, 2.24) is 19.7 Å². The van der Waals surface area contributed by atoms with Crippen LogP contribution in [0.5, 0.6) is 0 Å². The zero-order chi connectivity index (χ0) is 23.6. The number of nitrogens with zero attached hydrogens (tertiary/aromatic N) is 6. The molecule has 3 N–H and O–H groups in total. The van der Waals surface area contributed by atoms with Crippen molar-refractivity contribution < 1.29 is 5.11 Å². The lowest BCUT2D eigenvalue weighted by Gasteiger charge is -2.21. The van der Waals surface area contributed by atoms with Crippen LogP contribution in [0.2, 0.25) is 0 Å². The molecular formula is C24H26N8O. The summed E-state index contributed by atoms with van der Waals surface area (Å²) in [5.74, 6) is 1.51. The Labute approximate surface area is 192 Å². The van der Waals surface area contributed by atoms with Crippen molar-refractivity contribution in [2.75, 3.05) is 23.8 Å². The SMILES string of the molecule is CC(C)CCn1nc(C#N)cc1Nc1nccc(-c2cc(C#N)c3c(c2)C(C)(CO)CN3)n1. The molecule has 9 nitrogen and oxygen atoms in total. The molecule has 0 saturated carbocycles. The number of hydrogen-bond acceptors (Lipinski definition) is 8. The predicted molar refractivity (Wildman–Crippen MR) is 125 cm³/mol. The fourth-order valence-corrected chi connectivity index (χ4v) is 3.88. The minimum absolute atomic E-state index is 0.0283. The van der Waals surface area contributed by atoms with Gasteiger partial charge in [0.15, 0.2) is 5.69 Å². The number of nitrogens with one attached hydrogen (secondary N) is 2. The summed E-state index contributed by atoms with van der Waals surface area (Å²) in [6, 6.07) is 11.6. The molecule has 0 radical (unpaired) electrons. The Morgan fingerprint density at radius 2 is 2.09 bits per heavy atom.